The fourth-order valence-corrected chi connectivity index (χ4v) is 1.77. The Bertz CT molecular complexity index is 465. The van der Waals surface area contributed by atoms with Gasteiger partial charge in [0.1, 0.15) is 13.2 Å². The van der Waals surface area contributed by atoms with Gasteiger partial charge in [0.2, 0.25) is 5.91 Å². The molecule has 5 nitrogen and oxygen atoms in total. The van der Waals surface area contributed by atoms with Crippen molar-refractivity contribution in [3.8, 4) is 11.5 Å². The molecule has 1 aliphatic heterocycles. The van der Waals surface area contributed by atoms with Crippen LogP contribution in [0.2, 0.25) is 5.02 Å². The Kier molecular flexibility index (Phi) is 3.93. The fourth-order valence-electron chi connectivity index (χ4n) is 1.57. The average Bonchev–Trinajstić information content (AvgIpc) is 2.38. The van der Waals surface area contributed by atoms with Gasteiger partial charge >= 0.3 is 0 Å². The van der Waals surface area contributed by atoms with Gasteiger partial charge in [-0.2, -0.15) is 0 Å². The molecule has 1 aromatic carbocycles. The van der Waals surface area contributed by atoms with Crippen molar-refractivity contribution in [2.24, 2.45) is 5.73 Å². The van der Waals surface area contributed by atoms with Gasteiger partial charge in [0, 0.05) is 12.1 Å². The predicted molar refractivity (Wildman–Crippen MR) is 69.3 cm³/mol. The lowest BCUT2D eigenvalue weighted by atomic mass is 10.2. The number of nitrogens with two attached hydrogens (primary N) is 1. The van der Waals surface area contributed by atoms with Crippen LogP contribution >= 0.6 is 11.6 Å². The normalized spacial score (nSPS) is 15.1. The first-order valence-corrected chi connectivity index (χ1v) is 6.15. The third-order valence-corrected chi connectivity index (χ3v) is 2.98. The Morgan fingerprint density at radius 1 is 1.44 bits per heavy atom. The van der Waals surface area contributed by atoms with Crippen LogP contribution in [0.25, 0.3) is 0 Å². The second-order valence-corrected chi connectivity index (χ2v) is 4.39. The van der Waals surface area contributed by atoms with Crippen molar-refractivity contribution in [2.75, 3.05) is 18.5 Å². The van der Waals surface area contributed by atoms with Crippen molar-refractivity contribution >= 4 is 23.2 Å². The molecule has 0 fully saturated rings. The molecule has 98 valence electrons. The van der Waals surface area contributed by atoms with E-state index in [1.54, 1.807) is 12.1 Å². The molecule has 1 atom stereocenters. The molecule has 18 heavy (non-hydrogen) atoms. The minimum Gasteiger partial charge on any atom is -0.486 e. The van der Waals surface area contributed by atoms with E-state index in [1.807, 2.05) is 6.92 Å². The number of nitrogens with one attached hydrogen (secondary N) is 1. The first kappa shape index (κ1) is 13.0. The van der Waals surface area contributed by atoms with Crippen molar-refractivity contribution in [3.63, 3.8) is 0 Å². The van der Waals surface area contributed by atoms with Gasteiger partial charge in [-0.05, 0) is 6.42 Å². The molecule has 0 saturated carbocycles. The summed E-state index contributed by atoms with van der Waals surface area (Å²) in [7, 11) is 0. The number of hydrogen-bond donors (Lipinski definition) is 2. The second kappa shape index (κ2) is 5.46. The Hall–Kier alpha value is -1.46. The maximum absolute atomic E-state index is 11.7. The molecule has 0 aromatic heterocycles. The van der Waals surface area contributed by atoms with Gasteiger partial charge < -0.3 is 20.5 Å². The zero-order valence-corrected chi connectivity index (χ0v) is 10.8. The van der Waals surface area contributed by atoms with Crippen molar-refractivity contribution in [3.05, 3.63) is 17.2 Å². The minimum atomic E-state index is -0.547. The van der Waals surface area contributed by atoms with Crippen LogP contribution < -0.4 is 20.5 Å². The van der Waals surface area contributed by atoms with E-state index >= 15 is 0 Å². The molecule has 0 bridgehead atoms. The standard InChI is InChI=1S/C12H15ClN2O3/c1-2-8(14)12(16)15-9-6-11-10(5-7(9)13)17-3-4-18-11/h5-6,8H,2-4,14H2,1H3,(H,15,16)/t8-/m0/s1. The summed E-state index contributed by atoms with van der Waals surface area (Å²) in [5, 5.41) is 3.08. The molecular weight excluding hydrogens is 256 g/mol. The molecule has 6 heteroatoms. The van der Waals surface area contributed by atoms with E-state index in [1.165, 1.54) is 0 Å². The molecule has 1 amide bonds. The Morgan fingerprint density at radius 2 is 2.06 bits per heavy atom. The van der Waals surface area contributed by atoms with Crippen LogP contribution in [0, 0.1) is 0 Å². The lowest BCUT2D eigenvalue weighted by molar-refractivity contribution is -0.117. The topological polar surface area (TPSA) is 73.6 Å². The highest BCUT2D eigenvalue weighted by molar-refractivity contribution is 6.34. The number of benzene rings is 1. The summed E-state index contributed by atoms with van der Waals surface area (Å²) in [5.74, 6) is 0.895. The molecule has 0 saturated heterocycles. The van der Waals surface area contributed by atoms with Gasteiger partial charge in [-0.3, -0.25) is 4.79 Å². The number of rotatable bonds is 3. The SMILES string of the molecule is CC[C@H](N)C(=O)Nc1cc2c(cc1Cl)OCCO2. The van der Waals surface area contributed by atoms with E-state index in [2.05, 4.69) is 5.32 Å². The Labute approximate surface area is 110 Å². The molecule has 1 aromatic rings. The second-order valence-electron chi connectivity index (χ2n) is 3.98. The summed E-state index contributed by atoms with van der Waals surface area (Å²) in [6.45, 7) is 2.82. The van der Waals surface area contributed by atoms with Crippen molar-refractivity contribution in [1.82, 2.24) is 0 Å². The molecular formula is C12H15ClN2O3. The van der Waals surface area contributed by atoms with Crippen LogP contribution in [0.4, 0.5) is 5.69 Å². The summed E-state index contributed by atoms with van der Waals surface area (Å²) in [6.07, 6.45) is 0.563. The summed E-state index contributed by atoms with van der Waals surface area (Å²) in [4.78, 5) is 11.7. The number of ether oxygens (including phenoxy) is 2. The van der Waals surface area contributed by atoms with E-state index in [0.717, 1.165) is 0 Å². The molecule has 1 heterocycles. The van der Waals surface area contributed by atoms with Crippen LogP contribution in [0.3, 0.4) is 0 Å². The van der Waals surface area contributed by atoms with Crippen LogP contribution in [0.5, 0.6) is 11.5 Å². The van der Waals surface area contributed by atoms with Gasteiger partial charge in [-0.25, -0.2) is 0 Å². The summed E-state index contributed by atoms with van der Waals surface area (Å²) in [6, 6.07) is 2.73. The number of halogens is 1. The van der Waals surface area contributed by atoms with Crippen LogP contribution in [-0.4, -0.2) is 25.2 Å². The third-order valence-electron chi connectivity index (χ3n) is 2.67. The number of amides is 1. The number of anilines is 1. The van der Waals surface area contributed by atoms with Gasteiger partial charge in [-0.15, -0.1) is 0 Å². The summed E-state index contributed by atoms with van der Waals surface area (Å²) in [5.41, 5.74) is 6.12. The van der Waals surface area contributed by atoms with E-state index in [9.17, 15) is 4.79 Å². The van der Waals surface area contributed by atoms with Crippen LogP contribution in [0.15, 0.2) is 12.1 Å². The van der Waals surface area contributed by atoms with Crippen LogP contribution in [0.1, 0.15) is 13.3 Å². The number of carbonyl (C=O) groups is 1. The quantitative estimate of drug-likeness (QED) is 0.878. The average molecular weight is 271 g/mol. The number of carbonyl (C=O) groups excluding carboxylic acids is 1. The van der Waals surface area contributed by atoms with Gasteiger partial charge in [-0.1, -0.05) is 18.5 Å². The summed E-state index contributed by atoms with van der Waals surface area (Å²) < 4.78 is 10.8. The Balaban J connectivity index is 2.20. The van der Waals surface area contributed by atoms with E-state index in [0.29, 0.717) is 41.8 Å². The molecule has 0 unspecified atom stereocenters. The maximum Gasteiger partial charge on any atom is 0.241 e. The zero-order chi connectivity index (χ0) is 13.1. The van der Waals surface area contributed by atoms with Gasteiger partial charge in [0.15, 0.2) is 11.5 Å². The summed E-state index contributed by atoms with van der Waals surface area (Å²) >= 11 is 6.06. The van der Waals surface area contributed by atoms with Crippen LogP contribution in [-0.2, 0) is 4.79 Å². The smallest absolute Gasteiger partial charge is 0.241 e. The van der Waals surface area contributed by atoms with Crippen molar-refractivity contribution in [2.45, 2.75) is 19.4 Å². The molecule has 0 radical (unpaired) electrons. The highest BCUT2D eigenvalue weighted by Gasteiger charge is 2.18. The molecule has 3 N–H and O–H groups in total. The zero-order valence-electron chi connectivity index (χ0n) is 10.0. The van der Waals surface area contributed by atoms with Crippen molar-refractivity contribution < 1.29 is 14.3 Å². The number of hydrogen-bond acceptors (Lipinski definition) is 4. The number of fused-ring (bicyclic) bond motifs is 1. The van der Waals surface area contributed by atoms with E-state index in [-0.39, 0.29) is 5.91 Å². The fraction of sp³-hybridized carbons (Fsp3) is 0.417. The first-order chi connectivity index (χ1) is 8.61. The minimum absolute atomic E-state index is 0.268. The first-order valence-electron chi connectivity index (χ1n) is 5.77. The highest BCUT2D eigenvalue weighted by atomic mass is 35.5. The van der Waals surface area contributed by atoms with Gasteiger partial charge in [0.25, 0.3) is 0 Å². The Morgan fingerprint density at radius 3 is 2.67 bits per heavy atom. The van der Waals surface area contributed by atoms with E-state index in [4.69, 9.17) is 26.8 Å². The molecule has 0 aliphatic carbocycles. The lowest BCUT2D eigenvalue weighted by Gasteiger charge is -2.20. The monoisotopic (exact) mass is 270 g/mol. The molecule has 2 rings (SSSR count). The third kappa shape index (κ3) is 2.68. The van der Waals surface area contributed by atoms with Gasteiger partial charge in [0.05, 0.1) is 16.8 Å². The maximum atomic E-state index is 11.7. The highest BCUT2D eigenvalue weighted by Crippen LogP contribution is 2.37. The predicted octanol–water partition coefficient (Wildman–Crippen LogP) is 1.79. The van der Waals surface area contributed by atoms with Crippen molar-refractivity contribution in [1.29, 1.82) is 0 Å². The molecule has 1 aliphatic rings. The molecule has 0 spiro atoms. The lowest BCUT2D eigenvalue weighted by Crippen LogP contribution is -2.34. The largest absolute Gasteiger partial charge is 0.486 e. The van der Waals surface area contributed by atoms with E-state index < -0.39 is 6.04 Å².